The Bertz CT molecular complexity index is 1870. The highest BCUT2D eigenvalue weighted by Gasteiger charge is 2.25. The van der Waals surface area contributed by atoms with Gasteiger partial charge in [-0.3, -0.25) is 9.59 Å². The Kier molecular flexibility index (Phi) is 62.9. The van der Waals surface area contributed by atoms with Crippen LogP contribution in [-0.2, 0) is 33.3 Å². The van der Waals surface area contributed by atoms with E-state index in [1.54, 1.807) is 0 Å². The lowest BCUT2D eigenvalue weighted by molar-refractivity contribution is -0.870. The highest BCUT2D eigenvalue weighted by molar-refractivity contribution is 5.71. The van der Waals surface area contributed by atoms with Crippen LogP contribution >= 0.6 is 0 Å². The minimum absolute atomic E-state index is 0.178. The van der Waals surface area contributed by atoms with Gasteiger partial charge in [-0.1, -0.05) is 302 Å². The number of nitrogens with zero attached hydrogens (tertiary/aromatic N) is 1. The molecule has 2 atom stereocenters. The number of esters is 2. The van der Waals surface area contributed by atoms with Crippen molar-refractivity contribution in [3.05, 3.63) is 134 Å². The van der Waals surface area contributed by atoms with Gasteiger partial charge in [-0.05, 0) is 96.3 Å². The first-order valence-corrected chi connectivity index (χ1v) is 34.8. The van der Waals surface area contributed by atoms with Crippen molar-refractivity contribution in [1.82, 2.24) is 0 Å². The van der Waals surface area contributed by atoms with Gasteiger partial charge in [0.15, 0.2) is 6.10 Å². The van der Waals surface area contributed by atoms with Crippen LogP contribution in [0.15, 0.2) is 134 Å². The van der Waals surface area contributed by atoms with E-state index in [0.29, 0.717) is 23.9 Å². The standard InChI is InChI=1S/C77H129NO8/c1-6-8-10-12-14-16-18-20-22-24-26-28-30-31-32-33-34-35-36-37-38-39-40-41-42-43-44-45-46-48-50-52-54-56-58-60-62-64-66-68-75(80)86-73(72-85-77(76(81)82)83-70-69-78(3,4)5)71-84-74(79)67-65-63-61-59-57-55-53-51-49-47-29-27-25-23-21-19-17-15-13-11-9-7-2/h8,10,14,16,20,22,26,28,31-32,34-35,37-38,40-41,43-44,46,48,52,54,73,77H,6-7,9,11-13,15,17-19,21,23-25,27,29-30,33,36,39,42,45,47,49-51,53,55-72H2,1-5H3/p+1/b10-8-,16-14-,22-20-,28-26-,32-31-,35-34-,38-37-,41-40-,44-43-,48-46-,54-52-. The maximum absolute atomic E-state index is 12.9. The number of carboxylic acid groups (broad SMARTS) is 1. The third-order valence-electron chi connectivity index (χ3n) is 14.7. The summed E-state index contributed by atoms with van der Waals surface area (Å²) >= 11 is 0. The lowest BCUT2D eigenvalue weighted by Crippen LogP contribution is -2.40. The van der Waals surface area contributed by atoms with E-state index in [1.165, 1.54) is 122 Å². The van der Waals surface area contributed by atoms with Crippen LogP contribution in [0.1, 0.15) is 277 Å². The summed E-state index contributed by atoms with van der Waals surface area (Å²) in [5, 5.41) is 9.74. The summed E-state index contributed by atoms with van der Waals surface area (Å²) in [5.41, 5.74) is 0. The third-order valence-corrected chi connectivity index (χ3v) is 14.7. The summed E-state index contributed by atoms with van der Waals surface area (Å²) in [7, 11) is 5.96. The predicted molar refractivity (Wildman–Crippen MR) is 368 cm³/mol. The smallest absolute Gasteiger partial charge is 0.361 e. The van der Waals surface area contributed by atoms with Crippen LogP contribution in [0.3, 0.4) is 0 Å². The molecular formula is C77H130NO8+. The molecule has 0 heterocycles. The van der Waals surface area contributed by atoms with E-state index < -0.39 is 24.3 Å². The van der Waals surface area contributed by atoms with Gasteiger partial charge in [-0.15, -0.1) is 0 Å². The van der Waals surface area contributed by atoms with Crippen LogP contribution < -0.4 is 0 Å². The summed E-state index contributed by atoms with van der Waals surface area (Å²) < 4.78 is 22.9. The third kappa shape index (κ3) is 66.9. The number of carbonyl (C=O) groups excluding carboxylic acids is 2. The summed E-state index contributed by atoms with van der Waals surface area (Å²) in [5.74, 6) is -2.03. The van der Waals surface area contributed by atoms with E-state index in [4.69, 9.17) is 18.9 Å². The Balaban J connectivity index is 4.21. The molecule has 0 aliphatic heterocycles. The summed E-state index contributed by atoms with van der Waals surface area (Å²) in [6.07, 6.45) is 92.7. The molecule has 0 aromatic rings. The summed E-state index contributed by atoms with van der Waals surface area (Å²) in [4.78, 5) is 37.6. The predicted octanol–water partition coefficient (Wildman–Crippen LogP) is 21.7. The van der Waals surface area contributed by atoms with Crippen LogP contribution in [0.4, 0.5) is 0 Å². The van der Waals surface area contributed by atoms with Crippen molar-refractivity contribution in [1.29, 1.82) is 0 Å². The average molecular weight is 1200 g/mol. The number of likely N-dealkylation sites (N-methyl/N-ethyl adjacent to an activating group) is 1. The molecule has 9 nitrogen and oxygen atoms in total. The van der Waals surface area contributed by atoms with Gasteiger partial charge in [0, 0.05) is 12.8 Å². The monoisotopic (exact) mass is 1200 g/mol. The molecule has 490 valence electrons. The zero-order valence-electron chi connectivity index (χ0n) is 55.9. The van der Waals surface area contributed by atoms with Crippen LogP contribution in [0.2, 0.25) is 0 Å². The first kappa shape index (κ1) is 81.4. The second-order valence-electron chi connectivity index (χ2n) is 24.1. The molecule has 0 rings (SSSR count). The molecule has 0 saturated carbocycles. The van der Waals surface area contributed by atoms with Crippen molar-refractivity contribution >= 4 is 17.9 Å². The zero-order valence-corrected chi connectivity index (χ0v) is 55.9. The molecule has 86 heavy (non-hydrogen) atoms. The van der Waals surface area contributed by atoms with Gasteiger partial charge in [0.2, 0.25) is 0 Å². The number of carboxylic acids is 1. The van der Waals surface area contributed by atoms with E-state index in [9.17, 15) is 19.5 Å². The van der Waals surface area contributed by atoms with Gasteiger partial charge >= 0.3 is 17.9 Å². The molecule has 0 aromatic heterocycles. The first-order chi connectivity index (χ1) is 42.1. The highest BCUT2D eigenvalue weighted by atomic mass is 16.7. The Hall–Kier alpha value is -4.57. The van der Waals surface area contributed by atoms with Crippen molar-refractivity contribution in [2.75, 3.05) is 47.5 Å². The Morgan fingerprint density at radius 1 is 0.360 bits per heavy atom. The van der Waals surface area contributed by atoms with Gasteiger partial charge in [0.25, 0.3) is 6.29 Å². The number of hydrogen-bond donors (Lipinski definition) is 1. The highest BCUT2D eigenvalue weighted by Crippen LogP contribution is 2.17. The van der Waals surface area contributed by atoms with E-state index in [1.807, 2.05) is 21.1 Å². The van der Waals surface area contributed by atoms with Gasteiger partial charge < -0.3 is 28.5 Å². The van der Waals surface area contributed by atoms with Crippen LogP contribution in [0.5, 0.6) is 0 Å². The van der Waals surface area contributed by atoms with Gasteiger partial charge in [0.05, 0.1) is 34.4 Å². The Morgan fingerprint density at radius 2 is 0.663 bits per heavy atom. The number of hydrogen-bond acceptors (Lipinski definition) is 7. The maximum atomic E-state index is 12.9. The molecule has 0 saturated heterocycles. The fourth-order valence-electron chi connectivity index (χ4n) is 9.37. The van der Waals surface area contributed by atoms with Crippen molar-refractivity contribution in [2.45, 2.75) is 289 Å². The van der Waals surface area contributed by atoms with Gasteiger partial charge in [-0.2, -0.15) is 0 Å². The molecule has 9 heteroatoms. The lowest BCUT2D eigenvalue weighted by Gasteiger charge is -2.25. The average Bonchev–Trinajstić information content (AvgIpc) is 3.63. The number of carbonyl (C=O) groups is 3. The van der Waals surface area contributed by atoms with Crippen molar-refractivity contribution in [3.63, 3.8) is 0 Å². The second kappa shape index (κ2) is 66.4. The molecule has 0 amide bonds. The minimum atomic E-state index is -1.52. The quantitative estimate of drug-likeness (QED) is 0.0211. The van der Waals surface area contributed by atoms with Crippen LogP contribution in [0.25, 0.3) is 0 Å². The number of quaternary nitrogens is 1. The number of aliphatic carboxylic acids is 1. The zero-order chi connectivity index (χ0) is 62.6. The van der Waals surface area contributed by atoms with Crippen molar-refractivity contribution < 1.29 is 42.9 Å². The number of unbranched alkanes of at least 4 members (excludes halogenated alkanes) is 26. The molecule has 0 aromatic carbocycles. The molecule has 0 aliphatic carbocycles. The maximum Gasteiger partial charge on any atom is 0.361 e. The number of rotatable bonds is 63. The van der Waals surface area contributed by atoms with Crippen molar-refractivity contribution in [3.8, 4) is 0 Å². The Morgan fingerprint density at radius 3 is 0.988 bits per heavy atom. The fraction of sp³-hybridized carbons (Fsp3) is 0.675. The van der Waals surface area contributed by atoms with Crippen LogP contribution in [0, 0.1) is 0 Å². The van der Waals surface area contributed by atoms with Crippen LogP contribution in [-0.4, -0.2) is 87.4 Å². The normalized spacial score (nSPS) is 13.5. The largest absolute Gasteiger partial charge is 0.477 e. The summed E-state index contributed by atoms with van der Waals surface area (Å²) in [6.45, 7) is 4.76. The molecule has 1 N–H and O–H groups in total. The topological polar surface area (TPSA) is 108 Å². The molecular weight excluding hydrogens is 1070 g/mol. The van der Waals surface area contributed by atoms with Crippen molar-refractivity contribution in [2.24, 2.45) is 0 Å². The number of ether oxygens (including phenoxy) is 4. The Labute approximate surface area is 529 Å². The molecule has 2 unspecified atom stereocenters. The molecule has 0 radical (unpaired) electrons. The van der Waals surface area contributed by atoms with E-state index in [0.717, 1.165) is 122 Å². The summed E-state index contributed by atoms with van der Waals surface area (Å²) in [6, 6.07) is 0. The fourth-order valence-corrected chi connectivity index (χ4v) is 9.37. The molecule has 0 fully saturated rings. The molecule has 0 bridgehead atoms. The molecule has 0 aliphatic rings. The van der Waals surface area contributed by atoms with Gasteiger partial charge in [0.1, 0.15) is 13.2 Å². The van der Waals surface area contributed by atoms with Gasteiger partial charge in [-0.25, -0.2) is 4.79 Å². The number of allylic oxidation sites excluding steroid dienone is 22. The minimum Gasteiger partial charge on any atom is -0.477 e. The van der Waals surface area contributed by atoms with E-state index in [-0.39, 0.29) is 32.2 Å². The molecule has 0 spiro atoms. The SMILES string of the molecule is CC/C=C\C/C=C\C/C=C\C/C=C\C/C=C\C/C=C\C/C=C\C/C=C\C/C=C\C/C=C\C/C=C\CCCCCCCC(=O)OC(COC(=O)CCCCCCCCCCCCCCCCCCCCCCCC)COC(OCC[N+](C)(C)C)C(=O)O. The lowest BCUT2D eigenvalue weighted by atomic mass is 10.0. The first-order valence-electron chi connectivity index (χ1n) is 34.8. The van der Waals surface area contributed by atoms with E-state index >= 15 is 0 Å². The second-order valence-corrected chi connectivity index (χ2v) is 24.1. The van der Waals surface area contributed by atoms with E-state index in [2.05, 4.69) is 148 Å².